The number of hydrogen-bond donors (Lipinski definition) is 1. The van der Waals surface area contributed by atoms with Crippen LogP contribution in [-0.2, 0) is 11.3 Å². The number of carbonyl (C=O) groups is 1. The molecule has 7 heteroatoms. The SMILES string of the molecule is N#Cc1ccc(OCC(=O)Nc2ccnn2Cc2ccc(Br)cc2)cc1. The first-order chi connectivity index (χ1) is 12.6. The van der Waals surface area contributed by atoms with Crippen molar-refractivity contribution in [2.45, 2.75) is 6.54 Å². The molecule has 0 unspecified atom stereocenters. The smallest absolute Gasteiger partial charge is 0.263 e. The maximum absolute atomic E-state index is 12.1. The molecule has 0 radical (unpaired) electrons. The molecule has 1 aromatic heterocycles. The van der Waals surface area contributed by atoms with Gasteiger partial charge in [0.2, 0.25) is 0 Å². The van der Waals surface area contributed by atoms with Gasteiger partial charge in [-0.3, -0.25) is 4.79 Å². The fraction of sp³-hybridized carbons (Fsp3) is 0.105. The molecule has 6 nitrogen and oxygen atoms in total. The summed E-state index contributed by atoms with van der Waals surface area (Å²) in [7, 11) is 0. The number of halogens is 1. The van der Waals surface area contributed by atoms with Gasteiger partial charge in [-0.1, -0.05) is 28.1 Å². The maximum Gasteiger partial charge on any atom is 0.263 e. The summed E-state index contributed by atoms with van der Waals surface area (Å²) in [6, 6.07) is 18.3. The highest BCUT2D eigenvalue weighted by atomic mass is 79.9. The van der Waals surface area contributed by atoms with Crippen LogP contribution in [0.3, 0.4) is 0 Å². The van der Waals surface area contributed by atoms with Gasteiger partial charge in [0, 0.05) is 10.5 Å². The largest absolute Gasteiger partial charge is 0.484 e. The molecule has 0 fully saturated rings. The molecule has 2 aromatic carbocycles. The molecule has 0 spiro atoms. The zero-order chi connectivity index (χ0) is 18.4. The van der Waals surface area contributed by atoms with Gasteiger partial charge in [0.15, 0.2) is 6.61 Å². The highest BCUT2D eigenvalue weighted by molar-refractivity contribution is 9.10. The molecule has 0 aliphatic carbocycles. The molecule has 0 saturated heterocycles. The number of hydrogen-bond acceptors (Lipinski definition) is 4. The number of rotatable bonds is 6. The highest BCUT2D eigenvalue weighted by Crippen LogP contribution is 2.15. The Morgan fingerprint density at radius 3 is 2.58 bits per heavy atom. The Bertz CT molecular complexity index is 927. The van der Waals surface area contributed by atoms with Gasteiger partial charge in [-0.2, -0.15) is 10.4 Å². The minimum absolute atomic E-state index is 0.130. The lowest BCUT2D eigenvalue weighted by Gasteiger charge is -2.10. The van der Waals surface area contributed by atoms with Crippen molar-refractivity contribution >= 4 is 27.7 Å². The first kappa shape index (κ1) is 17.7. The first-order valence-corrected chi connectivity index (χ1v) is 8.62. The number of amides is 1. The Hall–Kier alpha value is -3.11. The minimum atomic E-state index is -0.285. The van der Waals surface area contributed by atoms with Crippen molar-refractivity contribution < 1.29 is 9.53 Å². The van der Waals surface area contributed by atoms with E-state index in [0.717, 1.165) is 10.0 Å². The first-order valence-electron chi connectivity index (χ1n) is 7.83. The molecular formula is C19H15BrN4O2. The molecule has 0 bridgehead atoms. The van der Waals surface area contributed by atoms with Crippen LogP contribution in [-0.4, -0.2) is 22.3 Å². The predicted molar refractivity (Wildman–Crippen MR) is 101 cm³/mol. The quantitative estimate of drug-likeness (QED) is 0.673. The third-order valence-electron chi connectivity index (χ3n) is 3.58. The monoisotopic (exact) mass is 410 g/mol. The fourth-order valence-electron chi connectivity index (χ4n) is 2.28. The zero-order valence-corrected chi connectivity index (χ0v) is 15.3. The number of carbonyl (C=O) groups excluding carboxylic acids is 1. The number of nitriles is 1. The van der Waals surface area contributed by atoms with E-state index in [-0.39, 0.29) is 12.5 Å². The minimum Gasteiger partial charge on any atom is -0.484 e. The van der Waals surface area contributed by atoms with E-state index in [2.05, 4.69) is 26.3 Å². The van der Waals surface area contributed by atoms with Crippen molar-refractivity contribution in [1.29, 1.82) is 5.26 Å². The standard InChI is InChI=1S/C19H15BrN4O2/c20-16-5-1-15(2-6-16)12-24-18(9-10-22-24)23-19(25)13-26-17-7-3-14(11-21)4-8-17/h1-10H,12-13H2,(H,23,25). The Morgan fingerprint density at radius 1 is 1.15 bits per heavy atom. The van der Waals surface area contributed by atoms with Gasteiger partial charge in [-0.15, -0.1) is 0 Å². The van der Waals surface area contributed by atoms with Gasteiger partial charge in [-0.05, 0) is 42.0 Å². The van der Waals surface area contributed by atoms with E-state index < -0.39 is 0 Å². The number of benzene rings is 2. The van der Waals surface area contributed by atoms with Crippen molar-refractivity contribution in [1.82, 2.24) is 9.78 Å². The van der Waals surface area contributed by atoms with Crippen LogP contribution in [0.25, 0.3) is 0 Å². The summed E-state index contributed by atoms with van der Waals surface area (Å²) in [5.74, 6) is 0.843. The van der Waals surface area contributed by atoms with Crippen molar-refractivity contribution in [2.75, 3.05) is 11.9 Å². The lowest BCUT2D eigenvalue weighted by molar-refractivity contribution is -0.118. The average molecular weight is 411 g/mol. The van der Waals surface area contributed by atoms with E-state index in [4.69, 9.17) is 10.00 Å². The summed E-state index contributed by atoms with van der Waals surface area (Å²) in [4.78, 5) is 12.1. The predicted octanol–water partition coefficient (Wildman–Crippen LogP) is 3.58. The second-order valence-corrected chi connectivity index (χ2v) is 6.39. The summed E-state index contributed by atoms with van der Waals surface area (Å²) >= 11 is 3.41. The zero-order valence-electron chi connectivity index (χ0n) is 13.7. The Kier molecular flexibility index (Phi) is 5.66. The highest BCUT2D eigenvalue weighted by Gasteiger charge is 2.09. The average Bonchev–Trinajstić information content (AvgIpc) is 3.09. The van der Waals surface area contributed by atoms with E-state index in [0.29, 0.717) is 23.7 Å². The molecule has 0 aliphatic rings. The Balaban J connectivity index is 1.57. The summed E-state index contributed by atoms with van der Waals surface area (Å²) in [5.41, 5.74) is 1.61. The topological polar surface area (TPSA) is 79.9 Å². The number of aromatic nitrogens is 2. The molecule has 0 saturated carbocycles. The molecule has 26 heavy (non-hydrogen) atoms. The van der Waals surface area contributed by atoms with Crippen LogP contribution < -0.4 is 10.1 Å². The van der Waals surface area contributed by atoms with E-state index in [1.165, 1.54) is 0 Å². The van der Waals surface area contributed by atoms with Crippen molar-refractivity contribution in [2.24, 2.45) is 0 Å². The van der Waals surface area contributed by atoms with Crippen LogP contribution in [0.1, 0.15) is 11.1 Å². The van der Waals surface area contributed by atoms with Crippen LogP contribution in [0.4, 0.5) is 5.82 Å². The molecular weight excluding hydrogens is 396 g/mol. The Morgan fingerprint density at radius 2 is 1.88 bits per heavy atom. The molecule has 3 aromatic rings. The van der Waals surface area contributed by atoms with E-state index in [9.17, 15) is 4.79 Å². The van der Waals surface area contributed by atoms with Crippen LogP contribution in [0.15, 0.2) is 65.3 Å². The van der Waals surface area contributed by atoms with Gasteiger partial charge in [-0.25, -0.2) is 4.68 Å². The van der Waals surface area contributed by atoms with Gasteiger partial charge >= 0.3 is 0 Å². The molecule has 3 rings (SSSR count). The van der Waals surface area contributed by atoms with Crippen LogP contribution in [0.5, 0.6) is 5.75 Å². The fourth-order valence-corrected chi connectivity index (χ4v) is 2.55. The van der Waals surface area contributed by atoms with Gasteiger partial charge in [0.25, 0.3) is 5.91 Å². The summed E-state index contributed by atoms with van der Waals surface area (Å²) in [5, 5.41) is 15.8. The van der Waals surface area contributed by atoms with Crippen LogP contribution in [0, 0.1) is 11.3 Å². The van der Waals surface area contributed by atoms with E-state index in [1.807, 2.05) is 30.3 Å². The lowest BCUT2D eigenvalue weighted by Crippen LogP contribution is -2.22. The van der Waals surface area contributed by atoms with Crippen molar-refractivity contribution in [3.8, 4) is 11.8 Å². The van der Waals surface area contributed by atoms with Gasteiger partial charge in [0.1, 0.15) is 11.6 Å². The number of anilines is 1. The number of nitrogens with one attached hydrogen (secondary N) is 1. The van der Waals surface area contributed by atoms with Crippen LogP contribution >= 0.6 is 15.9 Å². The van der Waals surface area contributed by atoms with E-state index >= 15 is 0 Å². The summed E-state index contributed by atoms with van der Waals surface area (Å²) in [6.07, 6.45) is 1.63. The third kappa shape index (κ3) is 4.71. The van der Waals surface area contributed by atoms with Crippen molar-refractivity contribution in [3.63, 3.8) is 0 Å². The Labute approximate surface area is 159 Å². The van der Waals surface area contributed by atoms with Gasteiger partial charge in [0.05, 0.1) is 24.4 Å². The second kappa shape index (κ2) is 8.32. The molecule has 130 valence electrons. The third-order valence-corrected chi connectivity index (χ3v) is 4.11. The van der Waals surface area contributed by atoms with Crippen LogP contribution in [0.2, 0.25) is 0 Å². The van der Waals surface area contributed by atoms with Crippen molar-refractivity contribution in [3.05, 3.63) is 76.4 Å². The second-order valence-electron chi connectivity index (χ2n) is 5.47. The molecule has 0 aliphatic heterocycles. The molecule has 0 atom stereocenters. The maximum atomic E-state index is 12.1. The summed E-state index contributed by atoms with van der Waals surface area (Å²) in [6.45, 7) is 0.418. The normalized spacial score (nSPS) is 10.2. The molecule has 1 amide bonds. The van der Waals surface area contributed by atoms with Gasteiger partial charge < -0.3 is 10.1 Å². The number of ether oxygens (including phenoxy) is 1. The van der Waals surface area contributed by atoms with E-state index in [1.54, 1.807) is 41.2 Å². The number of nitrogens with zero attached hydrogens (tertiary/aromatic N) is 3. The molecule has 1 N–H and O–H groups in total. The lowest BCUT2D eigenvalue weighted by atomic mass is 10.2. The molecule has 1 heterocycles. The summed E-state index contributed by atoms with van der Waals surface area (Å²) < 4.78 is 8.15.